The van der Waals surface area contributed by atoms with Crippen molar-refractivity contribution in [1.29, 1.82) is 0 Å². The van der Waals surface area contributed by atoms with Crippen LogP contribution in [-0.4, -0.2) is 6.61 Å². The summed E-state index contributed by atoms with van der Waals surface area (Å²) >= 11 is 0. The topological polar surface area (TPSA) is 9.23 Å². The standard InChI is InChI=1S/C5H10O/c1-3-5-6-4-2/h5H,2-4H2,1H3. The van der Waals surface area contributed by atoms with E-state index in [1.54, 1.807) is 6.61 Å². The second-order valence-corrected chi connectivity index (χ2v) is 0.946. The Balaban J connectivity index is 2.34. The van der Waals surface area contributed by atoms with E-state index < -0.39 is 0 Å². The molecule has 0 saturated heterocycles. The lowest BCUT2D eigenvalue weighted by atomic mass is 10.5. The molecule has 0 aromatic rings. The molecule has 6 heavy (non-hydrogen) atoms. The molecule has 2 radical (unpaired) electrons. The molecule has 0 amide bonds. The summed E-state index contributed by atoms with van der Waals surface area (Å²) in [6.45, 7) is 7.79. The van der Waals surface area contributed by atoms with Crippen molar-refractivity contribution >= 4 is 0 Å². The van der Waals surface area contributed by atoms with Gasteiger partial charge in [-0.15, -0.1) is 0 Å². The van der Waals surface area contributed by atoms with Crippen LogP contribution in [0, 0.1) is 13.5 Å². The van der Waals surface area contributed by atoms with Gasteiger partial charge in [0.25, 0.3) is 0 Å². The van der Waals surface area contributed by atoms with Gasteiger partial charge in [0, 0.05) is 6.61 Å². The molecule has 0 spiro atoms. The molecule has 0 rings (SSSR count). The van der Waals surface area contributed by atoms with Crippen LogP contribution in [0.25, 0.3) is 0 Å². The zero-order chi connectivity index (χ0) is 4.83. The van der Waals surface area contributed by atoms with Gasteiger partial charge in [-0.05, 0) is 13.3 Å². The Hall–Kier alpha value is -0.0400. The van der Waals surface area contributed by atoms with Crippen LogP contribution in [0.1, 0.15) is 13.3 Å². The molecule has 0 bridgehead atoms. The molecular formula is C5H10O. The van der Waals surface area contributed by atoms with E-state index in [4.69, 9.17) is 4.74 Å². The second-order valence-electron chi connectivity index (χ2n) is 0.946. The van der Waals surface area contributed by atoms with E-state index in [0.717, 1.165) is 6.42 Å². The molecule has 0 unspecified atom stereocenters. The van der Waals surface area contributed by atoms with Crippen LogP contribution < -0.4 is 0 Å². The van der Waals surface area contributed by atoms with E-state index in [1.807, 2.05) is 6.92 Å². The van der Waals surface area contributed by atoms with Gasteiger partial charge in [-0.2, -0.15) is 0 Å². The molecule has 1 nitrogen and oxygen atoms in total. The average molecular weight is 86.1 g/mol. The quantitative estimate of drug-likeness (QED) is 0.472. The van der Waals surface area contributed by atoms with Crippen molar-refractivity contribution in [3.63, 3.8) is 0 Å². The molecule has 0 aliphatic rings. The van der Waals surface area contributed by atoms with Gasteiger partial charge in [0.05, 0.1) is 6.61 Å². The summed E-state index contributed by atoms with van der Waals surface area (Å²) in [4.78, 5) is 0. The Morgan fingerprint density at radius 3 is 2.67 bits per heavy atom. The van der Waals surface area contributed by atoms with Gasteiger partial charge >= 0.3 is 0 Å². The first-order valence-corrected chi connectivity index (χ1v) is 2.14. The fourth-order valence-corrected chi connectivity index (χ4v) is 0.201. The van der Waals surface area contributed by atoms with Gasteiger partial charge in [0.1, 0.15) is 0 Å². The zero-order valence-electron chi connectivity index (χ0n) is 4.11. The van der Waals surface area contributed by atoms with Gasteiger partial charge in [-0.3, -0.25) is 0 Å². The van der Waals surface area contributed by atoms with Crippen LogP contribution in [0.3, 0.4) is 0 Å². The Morgan fingerprint density at radius 2 is 2.50 bits per heavy atom. The van der Waals surface area contributed by atoms with Crippen molar-refractivity contribution in [3.8, 4) is 0 Å². The van der Waals surface area contributed by atoms with Crippen LogP contribution in [0.15, 0.2) is 0 Å². The minimum absolute atomic E-state index is 0.549. The number of hydrogen-bond acceptors (Lipinski definition) is 1. The van der Waals surface area contributed by atoms with Gasteiger partial charge in [0.2, 0.25) is 0 Å². The third-order valence-electron chi connectivity index (χ3n) is 0.402. The zero-order valence-corrected chi connectivity index (χ0v) is 4.11. The normalized spacial score (nSPS) is 9.00. The summed E-state index contributed by atoms with van der Waals surface area (Å²) < 4.78 is 4.75. The van der Waals surface area contributed by atoms with Crippen LogP contribution in [0.2, 0.25) is 0 Å². The largest absolute Gasteiger partial charge is 0.376 e. The molecule has 0 fully saturated rings. The van der Waals surface area contributed by atoms with Gasteiger partial charge in [0.15, 0.2) is 0 Å². The molecule has 0 aliphatic heterocycles. The average Bonchev–Trinajstić information content (AvgIpc) is 1.61. The highest BCUT2D eigenvalue weighted by molar-refractivity contribution is 4.43. The van der Waals surface area contributed by atoms with E-state index >= 15 is 0 Å². The molecule has 0 aromatic heterocycles. The maximum atomic E-state index is 4.75. The fraction of sp³-hybridized carbons (Fsp3) is 0.600. The van der Waals surface area contributed by atoms with Crippen LogP contribution >= 0.6 is 0 Å². The van der Waals surface area contributed by atoms with Crippen LogP contribution in [0.5, 0.6) is 0 Å². The predicted molar refractivity (Wildman–Crippen MR) is 25.9 cm³/mol. The first-order chi connectivity index (χ1) is 2.91. The minimum atomic E-state index is 0.549. The van der Waals surface area contributed by atoms with E-state index in [1.165, 1.54) is 0 Å². The molecule has 1 heteroatoms. The van der Waals surface area contributed by atoms with E-state index in [-0.39, 0.29) is 0 Å². The third kappa shape index (κ3) is 3.96. The van der Waals surface area contributed by atoms with E-state index in [2.05, 4.69) is 6.92 Å². The molecule has 0 saturated carbocycles. The van der Waals surface area contributed by atoms with Crippen LogP contribution in [0.4, 0.5) is 0 Å². The van der Waals surface area contributed by atoms with Crippen LogP contribution in [-0.2, 0) is 4.74 Å². The summed E-state index contributed by atoms with van der Waals surface area (Å²) in [5.41, 5.74) is 0. The Kier molecular flexibility index (Phi) is 4.93. The monoisotopic (exact) mass is 86.1 g/mol. The second kappa shape index (κ2) is 4.96. The Bertz CT molecular complexity index is 15.9. The highest BCUT2D eigenvalue weighted by atomic mass is 16.5. The number of hydrogen-bond donors (Lipinski definition) is 0. The maximum absolute atomic E-state index is 4.75. The van der Waals surface area contributed by atoms with Crippen molar-refractivity contribution in [1.82, 2.24) is 0 Å². The molecule has 36 valence electrons. The summed E-state index contributed by atoms with van der Waals surface area (Å²) in [6, 6.07) is 0. The number of ether oxygens (including phenoxy) is 1. The van der Waals surface area contributed by atoms with Crippen molar-refractivity contribution in [2.24, 2.45) is 0 Å². The van der Waals surface area contributed by atoms with Crippen molar-refractivity contribution in [3.05, 3.63) is 13.5 Å². The lowest BCUT2D eigenvalue weighted by molar-refractivity contribution is 0.226. The molecule has 0 aromatic carbocycles. The first kappa shape index (κ1) is 5.96. The smallest absolute Gasteiger partial charge is 0.0833 e. The third-order valence-corrected chi connectivity index (χ3v) is 0.402. The molecule has 0 atom stereocenters. The summed E-state index contributed by atoms with van der Waals surface area (Å²) in [5, 5.41) is 0. The van der Waals surface area contributed by atoms with Crippen molar-refractivity contribution < 1.29 is 4.74 Å². The lowest BCUT2D eigenvalue weighted by Crippen LogP contribution is -1.82. The summed E-state index contributed by atoms with van der Waals surface area (Å²) in [7, 11) is 0. The predicted octanol–water partition coefficient (Wildman–Crippen LogP) is 1.41. The molecule has 0 N–H and O–H groups in total. The fourth-order valence-electron chi connectivity index (χ4n) is 0.201. The Morgan fingerprint density at radius 1 is 1.83 bits per heavy atom. The van der Waals surface area contributed by atoms with E-state index in [0.29, 0.717) is 6.61 Å². The molecule has 0 aliphatic carbocycles. The van der Waals surface area contributed by atoms with Gasteiger partial charge < -0.3 is 4.74 Å². The SMILES string of the molecule is [CH2]CO[CH]CC. The Labute approximate surface area is 39.3 Å². The summed E-state index contributed by atoms with van der Waals surface area (Å²) in [6.07, 6.45) is 0.968. The molecular weight excluding hydrogens is 76.1 g/mol. The lowest BCUT2D eigenvalue weighted by Gasteiger charge is -1.90. The summed E-state index contributed by atoms with van der Waals surface area (Å²) in [5.74, 6) is 0. The van der Waals surface area contributed by atoms with Gasteiger partial charge in [-0.1, -0.05) is 6.92 Å². The minimum Gasteiger partial charge on any atom is -0.376 e. The first-order valence-electron chi connectivity index (χ1n) is 2.14. The van der Waals surface area contributed by atoms with Gasteiger partial charge in [-0.25, -0.2) is 0 Å². The highest BCUT2D eigenvalue weighted by Crippen LogP contribution is 1.83. The molecule has 0 heterocycles. The highest BCUT2D eigenvalue weighted by Gasteiger charge is 1.74. The van der Waals surface area contributed by atoms with Crippen molar-refractivity contribution in [2.45, 2.75) is 13.3 Å². The van der Waals surface area contributed by atoms with Crippen molar-refractivity contribution in [2.75, 3.05) is 6.61 Å². The van der Waals surface area contributed by atoms with E-state index in [9.17, 15) is 0 Å². The maximum Gasteiger partial charge on any atom is 0.0833 e. The number of rotatable bonds is 3.